The third kappa shape index (κ3) is 3.49. The van der Waals surface area contributed by atoms with Crippen molar-refractivity contribution < 1.29 is 0 Å². The SMILES string of the molecule is CCn1cc(CC(NN)C2CCC3CCCCC3C2)cn1. The highest BCUT2D eigenvalue weighted by Gasteiger charge is 2.35. The van der Waals surface area contributed by atoms with Gasteiger partial charge in [-0.05, 0) is 55.9 Å². The second-order valence-electron chi connectivity index (χ2n) is 7.06. The molecule has 2 aliphatic rings. The summed E-state index contributed by atoms with van der Waals surface area (Å²) in [4.78, 5) is 0. The lowest BCUT2D eigenvalue weighted by molar-refractivity contribution is 0.109. The van der Waals surface area contributed by atoms with Crippen LogP contribution in [0.5, 0.6) is 0 Å². The minimum atomic E-state index is 0.405. The van der Waals surface area contributed by atoms with Crippen LogP contribution in [0.1, 0.15) is 57.4 Å². The third-order valence-corrected chi connectivity index (χ3v) is 5.83. The number of hydrogen-bond donors (Lipinski definition) is 2. The van der Waals surface area contributed by atoms with E-state index < -0.39 is 0 Å². The van der Waals surface area contributed by atoms with E-state index >= 15 is 0 Å². The molecular weight excluding hydrogens is 260 g/mol. The van der Waals surface area contributed by atoms with Crippen LogP contribution in [0.2, 0.25) is 0 Å². The van der Waals surface area contributed by atoms with Crippen LogP contribution in [0.25, 0.3) is 0 Å². The maximum atomic E-state index is 5.88. The zero-order chi connectivity index (χ0) is 14.7. The van der Waals surface area contributed by atoms with E-state index in [9.17, 15) is 0 Å². The van der Waals surface area contributed by atoms with Gasteiger partial charge in [-0.15, -0.1) is 0 Å². The summed E-state index contributed by atoms with van der Waals surface area (Å²) >= 11 is 0. The maximum Gasteiger partial charge on any atom is 0.0522 e. The molecule has 0 aromatic carbocycles. The molecule has 1 aromatic heterocycles. The predicted octanol–water partition coefficient (Wildman–Crippen LogP) is 2.88. The van der Waals surface area contributed by atoms with Crippen LogP contribution >= 0.6 is 0 Å². The molecule has 4 nitrogen and oxygen atoms in total. The first-order valence-corrected chi connectivity index (χ1v) is 8.77. The first kappa shape index (κ1) is 15.0. The predicted molar refractivity (Wildman–Crippen MR) is 85.5 cm³/mol. The van der Waals surface area contributed by atoms with Gasteiger partial charge in [-0.2, -0.15) is 5.10 Å². The third-order valence-electron chi connectivity index (χ3n) is 5.83. The summed E-state index contributed by atoms with van der Waals surface area (Å²) in [5.74, 6) is 8.59. The number of nitrogens with one attached hydrogen (secondary N) is 1. The largest absolute Gasteiger partial charge is 0.273 e. The van der Waals surface area contributed by atoms with Crippen LogP contribution in [-0.4, -0.2) is 15.8 Å². The molecule has 21 heavy (non-hydrogen) atoms. The molecule has 0 bridgehead atoms. The lowest BCUT2D eigenvalue weighted by atomic mass is 9.66. The summed E-state index contributed by atoms with van der Waals surface area (Å²) < 4.78 is 2.00. The minimum Gasteiger partial charge on any atom is -0.273 e. The lowest BCUT2D eigenvalue weighted by Crippen LogP contribution is -2.45. The smallest absolute Gasteiger partial charge is 0.0522 e. The van der Waals surface area contributed by atoms with Crippen molar-refractivity contribution in [3.05, 3.63) is 18.0 Å². The van der Waals surface area contributed by atoms with Crippen molar-refractivity contribution in [1.82, 2.24) is 15.2 Å². The van der Waals surface area contributed by atoms with Gasteiger partial charge < -0.3 is 0 Å². The average molecular weight is 290 g/mol. The highest BCUT2D eigenvalue weighted by Crippen LogP contribution is 2.43. The molecule has 2 fully saturated rings. The molecule has 0 aliphatic heterocycles. The van der Waals surface area contributed by atoms with Crippen molar-refractivity contribution in [2.24, 2.45) is 23.6 Å². The van der Waals surface area contributed by atoms with E-state index in [2.05, 4.69) is 23.6 Å². The van der Waals surface area contributed by atoms with Crippen molar-refractivity contribution in [2.45, 2.75) is 70.9 Å². The first-order chi connectivity index (χ1) is 10.3. The van der Waals surface area contributed by atoms with Crippen LogP contribution in [0.4, 0.5) is 0 Å². The molecule has 0 spiro atoms. The van der Waals surface area contributed by atoms with E-state index in [0.29, 0.717) is 6.04 Å². The second kappa shape index (κ2) is 6.93. The summed E-state index contributed by atoms with van der Waals surface area (Å²) in [6.07, 6.45) is 15.1. The Morgan fingerprint density at radius 2 is 2.10 bits per heavy atom. The Morgan fingerprint density at radius 3 is 2.81 bits per heavy atom. The van der Waals surface area contributed by atoms with Crippen molar-refractivity contribution >= 4 is 0 Å². The molecule has 4 atom stereocenters. The van der Waals surface area contributed by atoms with Gasteiger partial charge in [0.05, 0.1) is 6.20 Å². The van der Waals surface area contributed by atoms with E-state index in [1.165, 1.54) is 50.5 Å². The molecule has 4 unspecified atom stereocenters. The number of nitrogens with zero attached hydrogens (tertiary/aromatic N) is 2. The molecule has 4 heteroatoms. The van der Waals surface area contributed by atoms with Crippen LogP contribution in [0.15, 0.2) is 12.4 Å². The fraction of sp³-hybridized carbons (Fsp3) is 0.824. The van der Waals surface area contributed by atoms with Gasteiger partial charge in [0.2, 0.25) is 0 Å². The minimum absolute atomic E-state index is 0.405. The number of rotatable bonds is 5. The van der Waals surface area contributed by atoms with Crippen molar-refractivity contribution in [2.75, 3.05) is 0 Å². The van der Waals surface area contributed by atoms with E-state index in [4.69, 9.17) is 5.84 Å². The monoisotopic (exact) mass is 290 g/mol. The summed E-state index contributed by atoms with van der Waals surface area (Å²) in [5.41, 5.74) is 4.42. The molecule has 118 valence electrons. The number of aromatic nitrogens is 2. The van der Waals surface area contributed by atoms with Crippen molar-refractivity contribution in [1.29, 1.82) is 0 Å². The Hall–Kier alpha value is -0.870. The fourth-order valence-corrected chi connectivity index (χ4v) is 4.58. The zero-order valence-electron chi connectivity index (χ0n) is 13.3. The number of hydrogen-bond acceptors (Lipinski definition) is 3. The summed E-state index contributed by atoms with van der Waals surface area (Å²) in [7, 11) is 0. The molecule has 1 heterocycles. The molecule has 2 aliphatic carbocycles. The topological polar surface area (TPSA) is 55.9 Å². The summed E-state index contributed by atoms with van der Waals surface area (Å²) in [6, 6.07) is 0.405. The normalized spacial score (nSPS) is 30.9. The first-order valence-electron chi connectivity index (χ1n) is 8.77. The van der Waals surface area contributed by atoms with Gasteiger partial charge in [0.25, 0.3) is 0 Å². The molecule has 0 radical (unpaired) electrons. The molecular formula is C17H30N4. The van der Waals surface area contributed by atoms with Gasteiger partial charge in [0.15, 0.2) is 0 Å². The van der Waals surface area contributed by atoms with Crippen molar-refractivity contribution in [3.8, 4) is 0 Å². The van der Waals surface area contributed by atoms with E-state index in [-0.39, 0.29) is 0 Å². The van der Waals surface area contributed by atoms with Gasteiger partial charge in [-0.25, -0.2) is 0 Å². The summed E-state index contributed by atoms with van der Waals surface area (Å²) in [6.45, 7) is 3.06. The zero-order valence-corrected chi connectivity index (χ0v) is 13.3. The van der Waals surface area contributed by atoms with Crippen LogP contribution in [0, 0.1) is 17.8 Å². The quantitative estimate of drug-likeness (QED) is 0.647. The standard InChI is InChI=1S/C17H30N4/c1-2-21-12-13(11-19-21)9-17(20-18)16-8-7-14-5-3-4-6-15(14)10-16/h11-12,14-17,20H,2-10,18H2,1H3. The fourth-order valence-electron chi connectivity index (χ4n) is 4.58. The van der Waals surface area contributed by atoms with Crippen molar-refractivity contribution in [3.63, 3.8) is 0 Å². The summed E-state index contributed by atoms with van der Waals surface area (Å²) in [5, 5.41) is 4.38. The average Bonchev–Trinajstić information content (AvgIpc) is 3.00. The lowest BCUT2D eigenvalue weighted by Gasteiger charge is -2.41. The Bertz CT molecular complexity index is 442. The Morgan fingerprint density at radius 1 is 1.29 bits per heavy atom. The molecule has 0 amide bonds. The molecule has 1 aromatic rings. The molecule has 2 saturated carbocycles. The number of fused-ring (bicyclic) bond motifs is 1. The number of hydrazine groups is 1. The Labute approximate surface area is 128 Å². The van der Waals surface area contributed by atoms with Gasteiger partial charge in [-0.1, -0.05) is 25.7 Å². The van der Waals surface area contributed by atoms with E-state index in [0.717, 1.165) is 30.7 Å². The molecule has 3 N–H and O–H groups in total. The Kier molecular flexibility index (Phi) is 4.96. The highest BCUT2D eigenvalue weighted by atomic mass is 15.3. The number of nitrogens with two attached hydrogens (primary N) is 1. The van der Waals surface area contributed by atoms with Gasteiger partial charge in [0, 0.05) is 18.8 Å². The van der Waals surface area contributed by atoms with E-state index in [1.54, 1.807) is 0 Å². The second-order valence-corrected chi connectivity index (χ2v) is 7.06. The maximum absolute atomic E-state index is 5.88. The van der Waals surface area contributed by atoms with Crippen LogP contribution in [0.3, 0.4) is 0 Å². The van der Waals surface area contributed by atoms with Gasteiger partial charge in [0.1, 0.15) is 0 Å². The van der Waals surface area contributed by atoms with Gasteiger partial charge >= 0.3 is 0 Å². The van der Waals surface area contributed by atoms with Gasteiger partial charge in [-0.3, -0.25) is 16.0 Å². The van der Waals surface area contributed by atoms with Crippen LogP contribution in [-0.2, 0) is 13.0 Å². The highest BCUT2D eigenvalue weighted by molar-refractivity contribution is 5.07. The molecule has 0 saturated heterocycles. The Balaban J connectivity index is 1.60. The van der Waals surface area contributed by atoms with Crippen LogP contribution < -0.4 is 11.3 Å². The molecule has 3 rings (SSSR count). The number of aryl methyl sites for hydroxylation is 1. The van der Waals surface area contributed by atoms with E-state index in [1.807, 2.05) is 10.9 Å².